The number of anilines is 1. The van der Waals surface area contributed by atoms with Gasteiger partial charge in [-0.1, -0.05) is 38.1 Å². The first-order valence-corrected chi connectivity index (χ1v) is 11.9. The van der Waals surface area contributed by atoms with Crippen molar-refractivity contribution in [3.8, 4) is 0 Å². The van der Waals surface area contributed by atoms with Crippen molar-refractivity contribution in [3.05, 3.63) is 45.1 Å². The number of rotatable bonds is 1. The van der Waals surface area contributed by atoms with E-state index >= 15 is 0 Å². The van der Waals surface area contributed by atoms with Crippen molar-refractivity contribution in [2.45, 2.75) is 46.0 Å². The Morgan fingerprint density at radius 1 is 1.03 bits per heavy atom. The van der Waals surface area contributed by atoms with E-state index in [4.69, 9.17) is 10.1 Å². The molecule has 0 saturated carbocycles. The number of hydrogen-bond donors (Lipinski definition) is 0. The number of benzene rings is 1. The van der Waals surface area contributed by atoms with Crippen molar-refractivity contribution in [1.29, 1.82) is 0 Å². The molecule has 3 aromatic heterocycles. The Labute approximate surface area is 179 Å². The van der Waals surface area contributed by atoms with Crippen molar-refractivity contribution in [2.75, 3.05) is 18.0 Å². The summed E-state index contributed by atoms with van der Waals surface area (Å²) in [4.78, 5) is 23.3. The van der Waals surface area contributed by atoms with Gasteiger partial charge in [-0.25, -0.2) is 4.98 Å². The summed E-state index contributed by atoms with van der Waals surface area (Å²) in [6.07, 6.45) is 5.50. The summed E-state index contributed by atoms with van der Waals surface area (Å²) >= 11 is 1.71. The van der Waals surface area contributed by atoms with Crippen LogP contribution >= 0.6 is 11.3 Å². The van der Waals surface area contributed by atoms with Gasteiger partial charge in [0.25, 0.3) is 5.56 Å². The van der Waals surface area contributed by atoms with Crippen molar-refractivity contribution in [1.82, 2.24) is 14.6 Å². The fourth-order valence-corrected chi connectivity index (χ4v) is 6.50. The van der Waals surface area contributed by atoms with Crippen LogP contribution in [0.1, 0.15) is 43.6 Å². The van der Waals surface area contributed by atoms with E-state index in [1.807, 2.05) is 6.07 Å². The third-order valence-corrected chi connectivity index (χ3v) is 8.14. The number of fused-ring (bicyclic) bond motifs is 6. The molecule has 0 spiro atoms. The van der Waals surface area contributed by atoms with Gasteiger partial charge in [0.15, 0.2) is 11.5 Å². The molecule has 30 heavy (non-hydrogen) atoms. The van der Waals surface area contributed by atoms with Crippen LogP contribution in [0.4, 0.5) is 5.82 Å². The highest BCUT2D eigenvalue weighted by atomic mass is 32.1. The van der Waals surface area contributed by atoms with Gasteiger partial charge >= 0.3 is 0 Å². The lowest BCUT2D eigenvalue weighted by Crippen LogP contribution is -2.34. The van der Waals surface area contributed by atoms with Gasteiger partial charge in [0.1, 0.15) is 4.83 Å². The fourth-order valence-electron chi connectivity index (χ4n) is 5.12. The van der Waals surface area contributed by atoms with Gasteiger partial charge in [-0.05, 0) is 49.5 Å². The summed E-state index contributed by atoms with van der Waals surface area (Å²) in [5, 5.41) is 7.83. The summed E-state index contributed by atoms with van der Waals surface area (Å²) in [7, 11) is 0. The summed E-state index contributed by atoms with van der Waals surface area (Å²) in [5.74, 6) is 2.34. The van der Waals surface area contributed by atoms with Gasteiger partial charge < -0.3 is 4.90 Å². The minimum atomic E-state index is -0.000524. The van der Waals surface area contributed by atoms with Crippen molar-refractivity contribution in [3.63, 3.8) is 0 Å². The predicted octanol–water partition coefficient (Wildman–Crippen LogP) is 4.82. The van der Waals surface area contributed by atoms with Crippen molar-refractivity contribution < 1.29 is 0 Å². The van der Waals surface area contributed by atoms with Crippen LogP contribution in [0.3, 0.4) is 0 Å². The van der Waals surface area contributed by atoms with Crippen molar-refractivity contribution in [2.24, 2.45) is 11.8 Å². The molecule has 1 saturated heterocycles. The molecule has 1 fully saturated rings. The van der Waals surface area contributed by atoms with Crippen LogP contribution in [0.25, 0.3) is 26.6 Å². The van der Waals surface area contributed by atoms with Crippen molar-refractivity contribution >= 4 is 43.8 Å². The third kappa shape index (κ3) is 2.69. The molecule has 5 nitrogen and oxygen atoms in total. The minimum absolute atomic E-state index is 0.000524. The van der Waals surface area contributed by atoms with Crippen LogP contribution in [0, 0.1) is 11.8 Å². The zero-order chi connectivity index (χ0) is 20.4. The Morgan fingerprint density at radius 2 is 1.80 bits per heavy atom. The molecule has 4 heterocycles. The Kier molecular flexibility index (Phi) is 4.13. The van der Waals surface area contributed by atoms with E-state index in [9.17, 15) is 4.79 Å². The first kappa shape index (κ1) is 18.3. The summed E-state index contributed by atoms with van der Waals surface area (Å²) < 4.78 is 1.59. The number of piperidine rings is 1. The first-order chi connectivity index (χ1) is 14.6. The van der Waals surface area contributed by atoms with Gasteiger partial charge in [-0.15, -0.1) is 16.4 Å². The third-order valence-electron chi connectivity index (χ3n) is 6.99. The molecule has 0 N–H and O–H groups in total. The van der Waals surface area contributed by atoms with E-state index in [2.05, 4.69) is 36.9 Å². The molecule has 1 aliphatic heterocycles. The molecule has 0 radical (unpaired) electrons. The molecule has 1 unspecified atom stereocenters. The summed E-state index contributed by atoms with van der Waals surface area (Å²) in [5.41, 5.74) is 1.91. The molecule has 1 aromatic carbocycles. The highest BCUT2D eigenvalue weighted by Crippen LogP contribution is 2.37. The number of nitrogens with zero attached hydrogens (tertiary/aromatic N) is 4. The topological polar surface area (TPSA) is 50.5 Å². The van der Waals surface area contributed by atoms with E-state index in [0.29, 0.717) is 11.6 Å². The van der Waals surface area contributed by atoms with Crippen LogP contribution in [0.5, 0.6) is 0 Å². The second-order valence-electron chi connectivity index (χ2n) is 9.22. The molecule has 154 valence electrons. The molecule has 6 heteroatoms. The highest BCUT2D eigenvalue weighted by molar-refractivity contribution is 7.18. The van der Waals surface area contributed by atoms with Gasteiger partial charge in [0, 0.05) is 28.7 Å². The second kappa shape index (κ2) is 6.77. The number of aryl methyl sites for hydroxylation is 1. The molecule has 4 aromatic rings. The van der Waals surface area contributed by atoms with E-state index in [1.54, 1.807) is 15.9 Å². The standard InChI is InChI=1S/C24H26N4OS/c1-14-9-11-27(12-10-14)22-17-6-4-3-5-16(17)21-25-23-20(24(29)28(21)26-22)18-8-7-15(2)13-19(18)30-23/h3-6,14-15H,7-13H2,1-2H3. The normalized spacial score (nSPS) is 20.3. The largest absolute Gasteiger partial charge is 0.355 e. The lowest BCUT2D eigenvalue weighted by atomic mass is 9.89. The zero-order valence-electron chi connectivity index (χ0n) is 17.5. The monoisotopic (exact) mass is 418 g/mol. The Morgan fingerprint density at radius 3 is 2.60 bits per heavy atom. The summed E-state index contributed by atoms with van der Waals surface area (Å²) in [6.45, 7) is 6.58. The maximum Gasteiger partial charge on any atom is 0.283 e. The fraction of sp³-hybridized carbons (Fsp3) is 0.458. The van der Waals surface area contributed by atoms with Gasteiger partial charge in [0.2, 0.25) is 0 Å². The van der Waals surface area contributed by atoms with E-state index in [1.165, 1.54) is 10.4 Å². The molecule has 6 rings (SSSR count). The molecule has 0 amide bonds. The second-order valence-corrected chi connectivity index (χ2v) is 10.3. The van der Waals surface area contributed by atoms with Gasteiger partial charge in [0.05, 0.1) is 5.39 Å². The van der Waals surface area contributed by atoms with Crippen LogP contribution in [-0.4, -0.2) is 27.7 Å². The lowest BCUT2D eigenvalue weighted by molar-refractivity contribution is 0.436. The average molecular weight is 419 g/mol. The molecular formula is C24H26N4OS. The molecule has 1 atom stereocenters. The Hall–Kier alpha value is -2.47. The SMILES string of the molecule is CC1CCN(c2nn3c(=O)c4c5c(sc4nc3c3ccccc23)CC(C)CC5)CC1. The quantitative estimate of drug-likeness (QED) is 0.416. The molecule has 1 aliphatic carbocycles. The smallest absolute Gasteiger partial charge is 0.283 e. The zero-order valence-corrected chi connectivity index (χ0v) is 18.3. The van der Waals surface area contributed by atoms with Gasteiger partial charge in [-0.2, -0.15) is 4.52 Å². The van der Waals surface area contributed by atoms with Crippen LogP contribution in [-0.2, 0) is 12.8 Å². The molecule has 2 aliphatic rings. The van der Waals surface area contributed by atoms with E-state index in [-0.39, 0.29) is 5.56 Å². The summed E-state index contributed by atoms with van der Waals surface area (Å²) in [6, 6.07) is 8.28. The molecular weight excluding hydrogens is 392 g/mol. The van der Waals surface area contributed by atoms with Gasteiger partial charge in [-0.3, -0.25) is 4.79 Å². The number of hydrogen-bond acceptors (Lipinski definition) is 5. The highest BCUT2D eigenvalue weighted by Gasteiger charge is 2.26. The first-order valence-electron chi connectivity index (χ1n) is 11.1. The van der Waals surface area contributed by atoms with E-state index < -0.39 is 0 Å². The lowest BCUT2D eigenvalue weighted by Gasteiger charge is -2.31. The van der Waals surface area contributed by atoms with Crippen LogP contribution in [0.15, 0.2) is 29.1 Å². The average Bonchev–Trinajstić information content (AvgIpc) is 3.12. The minimum Gasteiger partial charge on any atom is -0.355 e. The Bertz CT molecular complexity index is 1350. The van der Waals surface area contributed by atoms with Crippen LogP contribution in [0.2, 0.25) is 0 Å². The maximum absolute atomic E-state index is 13.7. The number of aromatic nitrogens is 3. The maximum atomic E-state index is 13.7. The Balaban J connectivity index is 1.65. The number of thiophene rings is 1. The predicted molar refractivity (Wildman–Crippen MR) is 124 cm³/mol. The van der Waals surface area contributed by atoms with Crippen LogP contribution < -0.4 is 10.5 Å². The molecule has 0 bridgehead atoms. The van der Waals surface area contributed by atoms with E-state index in [0.717, 1.165) is 77.9 Å².